The molecule has 0 amide bonds. The van der Waals surface area contributed by atoms with Gasteiger partial charge in [-0.25, -0.2) is 0 Å². The molecule has 0 saturated carbocycles. The topological polar surface area (TPSA) is 24.5 Å². The van der Waals surface area contributed by atoms with Crippen LogP contribution in [-0.4, -0.2) is 49.8 Å². The molecule has 3 heteroatoms. The van der Waals surface area contributed by atoms with Crippen LogP contribution in [0, 0.1) is 0 Å². The highest BCUT2D eigenvalue weighted by atomic mass is 16.5. The van der Waals surface area contributed by atoms with Crippen molar-refractivity contribution >= 4 is 0 Å². The van der Waals surface area contributed by atoms with Gasteiger partial charge in [0, 0.05) is 18.7 Å². The monoisotopic (exact) mass is 256 g/mol. The molecule has 0 aromatic rings. The number of hydrogen-bond acceptors (Lipinski definition) is 3. The molecule has 0 aromatic carbocycles. The maximum atomic E-state index is 5.62. The first-order valence-electron chi connectivity index (χ1n) is 7.66. The largest absolute Gasteiger partial charge is 0.377 e. The highest BCUT2D eigenvalue weighted by Crippen LogP contribution is 2.18. The second-order valence-electron chi connectivity index (χ2n) is 5.94. The van der Waals surface area contributed by atoms with Gasteiger partial charge in [-0.1, -0.05) is 26.7 Å². The zero-order valence-corrected chi connectivity index (χ0v) is 12.7. The molecule has 0 spiro atoms. The summed E-state index contributed by atoms with van der Waals surface area (Å²) in [4.78, 5) is 2.49. The van der Waals surface area contributed by atoms with Gasteiger partial charge in [-0.15, -0.1) is 0 Å². The van der Waals surface area contributed by atoms with Crippen molar-refractivity contribution in [1.82, 2.24) is 10.2 Å². The number of nitrogens with one attached hydrogen (secondary N) is 1. The Morgan fingerprint density at radius 1 is 1.22 bits per heavy atom. The van der Waals surface area contributed by atoms with Crippen molar-refractivity contribution in [1.29, 1.82) is 0 Å². The van der Waals surface area contributed by atoms with E-state index >= 15 is 0 Å². The number of unbranched alkanes of at least 4 members (excludes halogenated alkanes) is 3. The van der Waals surface area contributed by atoms with Gasteiger partial charge in [0.25, 0.3) is 0 Å². The number of nitrogens with zero attached hydrogens (tertiary/aromatic N) is 1. The van der Waals surface area contributed by atoms with E-state index in [-0.39, 0.29) is 0 Å². The molecular formula is C15H32N2O. The average Bonchev–Trinajstić information content (AvgIpc) is 2.73. The molecule has 2 unspecified atom stereocenters. The molecule has 0 aliphatic carbocycles. The van der Waals surface area contributed by atoms with E-state index in [4.69, 9.17) is 4.74 Å². The zero-order chi connectivity index (χ0) is 13.4. The quantitative estimate of drug-likeness (QED) is 0.642. The van der Waals surface area contributed by atoms with Crippen molar-refractivity contribution in [3.05, 3.63) is 0 Å². The Bertz CT molecular complexity index is 209. The van der Waals surface area contributed by atoms with Gasteiger partial charge in [0.1, 0.15) is 0 Å². The molecule has 18 heavy (non-hydrogen) atoms. The minimum atomic E-state index is 0.422. The summed E-state index contributed by atoms with van der Waals surface area (Å²) < 4.78 is 5.62. The van der Waals surface area contributed by atoms with Gasteiger partial charge >= 0.3 is 0 Å². The van der Waals surface area contributed by atoms with Crippen molar-refractivity contribution in [3.8, 4) is 0 Å². The summed E-state index contributed by atoms with van der Waals surface area (Å²) in [6.45, 7) is 9.94. The Morgan fingerprint density at radius 3 is 2.56 bits per heavy atom. The lowest BCUT2D eigenvalue weighted by atomic mass is 10.1. The Morgan fingerprint density at radius 2 is 1.94 bits per heavy atom. The summed E-state index contributed by atoms with van der Waals surface area (Å²) in [6.07, 6.45) is 6.96. The third-order valence-electron chi connectivity index (χ3n) is 3.89. The van der Waals surface area contributed by atoms with Crippen molar-refractivity contribution in [2.24, 2.45) is 0 Å². The van der Waals surface area contributed by atoms with Gasteiger partial charge < -0.3 is 15.0 Å². The number of likely N-dealkylation sites (N-methyl/N-ethyl adjacent to an activating group) is 1. The molecule has 2 atom stereocenters. The third-order valence-corrected chi connectivity index (χ3v) is 3.89. The molecule has 1 fully saturated rings. The lowest BCUT2D eigenvalue weighted by molar-refractivity contribution is 0.0831. The van der Waals surface area contributed by atoms with Crippen LogP contribution < -0.4 is 5.32 Å². The summed E-state index contributed by atoms with van der Waals surface area (Å²) in [5, 5.41) is 3.47. The van der Waals surface area contributed by atoms with Gasteiger partial charge in [-0.05, 0) is 46.3 Å². The molecule has 108 valence electrons. The van der Waals surface area contributed by atoms with Gasteiger partial charge in [-0.3, -0.25) is 0 Å². The van der Waals surface area contributed by atoms with Crippen molar-refractivity contribution in [2.45, 2.75) is 71.1 Å². The number of hydrogen-bond donors (Lipinski definition) is 1. The van der Waals surface area contributed by atoms with Crippen LogP contribution in [0.25, 0.3) is 0 Å². The molecule has 1 aliphatic heterocycles. The maximum absolute atomic E-state index is 5.62. The Hall–Kier alpha value is -0.120. The number of rotatable bonds is 9. The van der Waals surface area contributed by atoms with Crippen LogP contribution in [0.5, 0.6) is 0 Å². The summed E-state index contributed by atoms with van der Waals surface area (Å²) in [6, 6.07) is 1.27. The van der Waals surface area contributed by atoms with Crippen LogP contribution >= 0.6 is 0 Å². The van der Waals surface area contributed by atoms with Crippen LogP contribution in [0.15, 0.2) is 0 Å². The first-order chi connectivity index (χ1) is 8.61. The van der Waals surface area contributed by atoms with Crippen LogP contribution in [0.2, 0.25) is 0 Å². The first-order valence-corrected chi connectivity index (χ1v) is 7.66. The van der Waals surface area contributed by atoms with Gasteiger partial charge in [0.05, 0.1) is 6.10 Å². The fourth-order valence-electron chi connectivity index (χ4n) is 2.70. The molecular weight excluding hydrogens is 224 g/mol. The summed E-state index contributed by atoms with van der Waals surface area (Å²) in [5.41, 5.74) is 0. The molecule has 1 N–H and O–H groups in total. The fourth-order valence-corrected chi connectivity index (χ4v) is 2.70. The van der Waals surface area contributed by atoms with E-state index in [1.54, 1.807) is 0 Å². The molecule has 0 radical (unpaired) electrons. The van der Waals surface area contributed by atoms with Crippen molar-refractivity contribution in [3.63, 3.8) is 0 Å². The van der Waals surface area contributed by atoms with Gasteiger partial charge in [-0.2, -0.15) is 0 Å². The highest BCUT2D eigenvalue weighted by Gasteiger charge is 2.27. The highest BCUT2D eigenvalue weighted by molar-refractivity contribution is 4.80. The van der Waals surface area contributed by atoms with Crippen molar-refractivity contribution < 1.29 is 4.74 Å². The van der Waals surface area contributed by atoms with Crippen molar-refractivity contribution in [2.75, 3.05) is 26.7 Å². The first kappa shape index (κ1) is 15.9. The van der Waals surface area contributed by atoms with E-state index in [0.29, 0.717) is 18.2 Å². The van der Waals surface area contributed by atoms with E-state index in [1.165, 1.54) is 45.2 Å². The van der Waals surface area contributed by atoms with Gasteiger partial charge in [0.15, 0.2) is 0 Å². The lowest BCUT2D eigenvalue weighted by Crippen LogP contribution is -2.37. The second-order valence-corrected chi connectivity index (χ2v) is 5.94. The molecule has 3 nitrogen and oxygen atoms in total. The third kappa shape index (κ3) is 6.17. The number of ether oxygens (including phenoxy) is 1. The van der Waals surface area contributed by atoms with Crippen LogP contribution in [0.4, 0.5) is 0 Å². The average molecular weight is 256 g/mol. The SMILES string of the molecule is CC(C)NCCCCCCN(C)C1CCOC1C. The van der Waals surface area contributed by atoms with Crippen LogP contribution in [-0.2, 0) is 4.74 Å². The van der Waals surface area contributed by atoms with E-state index in [0.717, 1.165) is 6.61 Å². The lowest BCUT2D eigenvalue weighted by Gasteiger charge is -2.26. The molecule has 0 bridgehead atoms. The fraction of sp³-hybridized carbons (Fsp3) is 1.00. The summed E-state index contributed by atoms with van der Waals surface area (Å²) >= 11 is 0. The maximum Gasteiger partial charge on any atom is 0.0702 e. The second kappa shape index (κ2) is 8.89. The Balaban J connectivity index is 1.94. The molecule has 1 saturated heterocycles. The van der Waals surface area contributed by atoms with E-state index < -0.39 is 0 Å². The summed E-state index contributed by atoms with van der Waals surface area (Å²) in [7, 11) is 2.25. The standard InChI is InChI=1S/C15H32N2O/c1-13(2)16-10-7-5-6-8-11-17(4)15-9-12-18-14(15)3/h13-16H,5-12H2,1-4H3. The van der Waals surface area contributed by atoms with Crippen LogP contribution in [0.3, 0.4) is 0 Å². The molecule has 0 aromatic heterocycles. The minimum Gasteiger partial charge on any atom is -0.377 e. The molecule has 1 heterocycles. The normalized spacial score (nSPS) is 24.3. The van der Waals surface area contributed by atoms with E-state index in [1.807, 2.05) is 0 Å². The Labute approximate surface area is 113 Å². The van der Waals surface area contributed by atoms with E-state index in [2.05, 4.69) is 38.0 Å². The predicted molar refractivity (Wildman–Crippen MR) is 78.1 cm³/mol. The van der Waals surface area contributed by atoms with Crippen LogP contribution in [0.1, 0.15) is 52.9 Å². The molecule has 1 aliphatic rings. The Kier molecular flexibility index (Phi) is 7.87. The van der Waals surface area contributed by atoms with E-state index in [9.17, 15) is 0 Å². The van der Waals surface area contributed by atoms with Gasteiger partial charge in [0.2, 0.25) is 0 Å². The zero-order valence-electron chi connectivity index (χ0n) is 12.7. The minimum absolute atomic E-state index is 0.422. The molecule has 1 rings (SSSR count). The predicted octanol–water partition coefficient (Wildman–Crippen LogP) is 2.65. The smallest absolute Gasteiger partial charge is 0.0702 e. The summed E-state index contributed by atoms with van der Waals surface area (Å²) in [5.74, 6) is 0.